The van der Waals surface area contributed by atoms with Gasteiger partial charge in [-0.3, -0.25) is 4.79 Å². The molecule has 8 heteroatoms. The topological polar surface area (TPSA) is 54.0 Å². The van der Waals surface area contributed by atoms with Crippen molar-refractivity contribution in [3.8, 4) is 0 Å². The molecule has 4 nitrogen and oxygen atoms in total. The molecule has 3 aromatic rings. The summed E-state index contributed by atoms with van der Waals surface area (Å²) < 4.78 is 52.8. The number of carbonyl (C=O) groups excluding carboxylic acids is 1. The van der Waals surface area contributed by atoms with Crippen LogP contribution in [-0.2, 0) is 0 Å². The smallest absolute Gasteiger partial charge is 0.274 e. The van der Waals surface area contributed by atoms with Crippen LogP contribution in [0.1, 0.15) is 10.5 Å². The summed E-state index contributed by atoms with van der Waals surface area (Å²) in [6.07, 6.45) is 1.32. The fraction of sp³-hybridized carbons (Fsp3) is 0. The zero-order chi connectivity index (χ0) is 18.7. The van der Waals surface area contributed by atoms with Crippen LogP contribution in [0.3, 0.4) is 0 Å². The van der Waals surface area contributed by atoms with Gasteiger partial charge in [-0.1, -0.05) is 6.07 Å². The lowest BCUT2D eigenvalue weighted by Crippen LogP contribution is -2.15. The van der Waals surface area contributed by atoms with E-state index in [1.165, 1.54) is 36.5 Å². The van der Waals surface area contributed by atoms with Gasteiger partial charge in [0, 0.05) is 5.69 Å². The number of hydrogen-bond donors (Lipinski definition) is 2. The SMILES string of the molecule is O=C(Nc1ccc(F)c(F)c1F)c1ccc(Nc2cccc(F)c2)cn1. The van der Waals surface area contributed by atoms with E-state index in [1.54, 1.807) is 6.07 Å². The maximum absolute atomic E-state index is 13.6. The van der Waals surface area contributed by atoms with Crippen molar-refractivity contribution >= 4 is 23.0 Å². The predicted molar refractivity (Wildman–Crippen MR) is 88.2 cm³/mol. The van der Waals surface area contributed by atoms with Crippen LogP contribution in [0.5, 0.6) is 0 Å². The quantitative estimate of drug-likeness (QED) is 0.526. The zero-order valence-electron chi connectivity index (χ0n) is 13.1. The van der Waals surface area contributed by atoms with Gasteiger partial charge in [0.1, 0.15) is 11.5 Å². The van der Waals surface area contributed by atoms with Crippen LogP contribution in [0.4, 0.5) is 34.6 Å². The number of halogens is 4. The number of pyridine rings is 1. The molecule has 0 saturated carbocycles. The molecule has 0 bridgehead atoms. The second-order valence-corrected chi connectivity index (χ2v) is 5.24. The molecule has 0 spiro atoms. The van der Waals surface area contributed by atoms with E-state index in [1.807, 2.05) is 0 Å². The molecule has 1 heterocycles. The predicted octanol–water partition coefficient (Wildman–Crippen LogP) is 4.63. The van der Waals surface area contributed by atoms with Gasteiger partial charge < -0.3 is 10.6 Å². The summed E-state index contributed by atoms with van der Waals surface area (Å²) in [6, 6.07) is 10.2. The van der Waals surface area contributed by atoms with Gasteiger partial charge in [0.2, 0.25) is 0 Å². The maximum atomic E-state index is 13.6. The number of nitrogens with zero attached hydrogens (tertiary/aromatic N) is 1. The van der Waals surface area contributed by atoms with E-state index >= 15 is 0 Å². The number of anilines is 3. The van der Waals surface area contributed by atoms with Gasteiger partial charge in [0.15, 0.2) is 17.5 Å². The molecule has 0 aliphatic heterocycles. The van der Waals surface area contributed by atoms with E-state index in [9.17, 15) is 22.4 Å². The Bertz CT molecular complexity index is 961. The Morgan fingerprint density at radius 3 is 2.38 bits per heavy atom. The monoisotopic (exact) mass is 361 g/mol. The normalized spacial score (nSPS) is 10.5. The van der Waals surface area contributed by atoms with Gasteiger partial charge in [-0.05, 0) is 42.5 Å². The van der Waals surface area contributed by atoms with Crippen molar-refractivity contribution in [3.05, 3.63) is 83.7 Å². The highest BCUT2D eigenvalue weighted by Gasteiger charge is 2.16. The lowest BCUT2D eigenvalue weighted by molar-refractivity contribution is 0.102. The van der Waals surface area contributed by atoms with E-state index in [2.05, 4.69) is 15.6 Å². The molecule has 1 aromatic heterocycles. The average Bonchev–Trinajstić information content (AvgIpc) is 2.63. The van der Waals surface area contributed by atoms with E-state index in [-0.39, 0.29) is 5.69 Å². The van der Waals surface area contributed by atoms with Crippen LogP contribution in [-0.4, -0.2) is 10.9 Å². The van der Waals surface area contributed by atoms with Crippen LogP contribution >= 0.6 is 0 Å². The number of carbonyl (C=O) groups is 1. The standard InChI is InChI=1S/C18H11F4N3O/c19-10-2-1-3-11(8-10)24-12-4-6-15(23-9-12)18(26)25-14-7-5-13(20)16(21)17(14)22/h1-9,24H,(H,25,26). The largest absolute Gasteiger partial charge is 0.354 e. The van der Waals surface area contributed by atoms with Crippen molar-refractivity contribution in [1.82, 2.24) is 4.98 Å². The molecule has 2 aromatic carbocycles. The molecule has 3 rings (SSSR count). The Kier molecular flexibility index (Phi) is 4.83. The molecule has 26 heavy (non-hydrogen) atoms. The highest BCUT2D eigenvalue weighted by atomic mass is 19.2. The van der Waals surface area contributed by atoms with Crippen molar-refractivity contribution in [2.75, 3.05) is 10.6 Å². The van der Waals surface area contributed by atoms with Crippen molar-refractivity contribution in [1.29, 1.82) is 0 Å². The van der Waals surface area contributed by atoms with Crippen molar-refractivity contribution in [3.63, 3.8) is 0 Å². The Morgan fingerprint density at radius 1 is 0.885 bits per heavy atom. The molecule has 2 N–H and O–H groups in total. The van der Waals surface area contributed by atoms with Gasteiger partial charge in [-0.2, -0.15) is 0 Å². The first kappa shape index (κ1) is 17.4. The minimum atomic E-state index is -1.68. The lowest BCUT2D eigenvalue weighted by Gasteiger charge is -2.09. The van der Waals surface area contributed by atoms with E-state index in [0.717, 1.165) is 6.07 Å². The van der Waals surface area contributed by atoms with Gasteiger partial charge >= 0.3 is 0 Å². The average molecular weight is 361 g/mol. The summed E-state index contributed by atoms with van der Waals surface area (Å²) in [7, 11) is 0. The molecule has 0 atom stereocenters. The number of hydrogen-bond acceptors (Lipinski definition) is 3. The van der Waals surface area contributed by atoms with Crippen LogP contribution in [0.2, 0.25) is 0 Å². The number of nitrogens with one attached hydrogen (secondary N) is 2. The summed E-state index contributed by atoms with van der Waals surface area (Å²) in [5, 5.41) is 5.02. The van der Waals surface area contributed by atoms with Gasteiger partial charge in [0.05, 0.1) is 17.6 Å². The Hall–Kier alpha value is -3.42. The Morgan fingerprint density at radius 2 is 1.69 bits per heavy atom. The number of aromatic nitrogens is 1. The Labute approximate surface area is 145 Å². The van der Waals surface area contributed by atoms with Crippen LogP contribution < -0.4 is 10.6 Å². The molecule has 1 amide bonds. The minimum Gasteiger partial charge on any atom is -0.354 e. The molecular weight excluding hydrogens is 350 g/mol. The molecule has 0 aliphatic rings. The number of benzene rings is 2. The fourth-order valence-electron chi connectivity index (χ4n) is 2.14. The molecule has 132 valence electrons. The third-order valence-corrected chi connectivity index (χ3v) is 3.39. The lowest BCUT2D eigenvalue weighted by atomic mass is 10.2. The molecule has 0 radical (unpaired) electrons. The molecule has 0 fully saturated rings. The van der Waals surface area contributed by atoms with Crippen molar-refractivity contribution < 1.29 is 22.4 Å². The summed E-state index contributed by atoms with van der Waals surface area (Å²) >= 11 is 0. The maximum Gasteiger partial charge on any atom is 0.274 e. The highest BCUT2D eigenvalue weighted by Crippen LogP contribution is 2.21. The van der Waals surface area contributed by atoms with E-state index < -0.39 is 34.9 Å². The summed E-state index contributed by atoms with van der Waals surface area (Å²) in [5.74, 6) is -5.74. The Balaban J connectivity index is 1.72. The first-order valence-corrected chi connectivity index (χ1v) is 7.37. The third kappa shape index (κ3) is 3.80. The van der Waals surface area contributed by atoms with Gasteiger partial charge in [0.25, 0.3) is 5.91 Å². The molecule has 0 aliphatic carbocycles. The van der Waals surface area contributed by atoms with Gasteiger partial charge in [-0.15, -0.1) is 0 Å². The second kappa shape index (κ2) is 7.22. The van der Waals surface area contributed by atoms with Crippen molar-refractivity contribution in [2.45, 2.75) is 0 Å². The van der Waals surface area contributed by atoms with E-state index in [0.29, 0.717) is 17.4 Å². The first-order valence-electron chi connectivity index (χ1n) is 7.37. The summed E-state index contributed by atoms with van der Waals surface area (Å²) in [6.45, 7) is 0. The zero-order valence-corrected chi connectivity index (χ0v) is 13.1. The summed E-state index contributed by atoms with van der Waals surface area (Å²) in [4.78, 5) is 16.0. The second-order valence-electron chi connectivity index (χ2n) is 5.24. The number of amides is 1. The summed E-state index contributed by atoms with van der Waals surface area (Å²) in [5.41, 5.74) is 0.413. The van der Waals surface area contributed by atoms with E-state index in [4.69, 9.17) is 0 Å². The molecule has 0 saturated heterocycles. The first-order chi connectivity index (χ1) is 12.4. The molecule has 0 unspecified atom stereocenters. The van der Waals surface area contributed by atoms with Gasteiger partial charge in [-0.25, -0.2) is 22.5 Å². The van der Waals surface area contributed by atoms with Crippen LogP contribution in [0.25, 0.3) is 0 Å². The number of rotatable bonds is 4. The minimum absolute atomic E-state index is 0.0704. The van der Waals surface area contributed by atoms with Crippen LogP contribution in [0, 0.1) is 23.3 Å². The van der Waals surface area contributed by atoms with Crippen LogP contribution in [0.15, 0.2) is 54.7 Å². The fourth-order valence-corrected chi connectivity index (χ4v) is 2.14. The third-order valence-electron chi connectivity index (χ3n) is 3.39. The highest BCUT2D eigenvalue weighted by molar-refractivity contribution is 6.03. The van der Waals surface area contributed by atoms with Crippen molar-refractivity contribution in [2.24, 2.45) is 0 Å². The molecular formula is C18H11F4N3O.